The van der Waals surface area contributed by atoms with Crippen molar-refractivity contribution in [1.82, 2.24) is 4.48 Å². The number of halogens is 2. The van der Waals surface area contributed by atoms with Gasteiger partial charge in [0, 0.05) is 35.2 Å². The molecule has 0 saturated carbocycles. The summed E-state index contributed by atoms with van der Waals surface area (Å²) in [6.45, 7) is 8.42. The zero-order chi connectivity index (χ0) is 30.2. The number of allylic oxidation sites excluding steroid dienone is 1. The zero-order valence-electron chi connectivity index (χ0n) is 25.0. The molecule has 1 atom stereocenters. The quantitative estimate of drug-likeness (QED) is 0.124. The summed E-state index contributed by atoms with van der Waals surface area (Å²) in [5.74, 6) is 0.196. The van der Waals surface area contributed by atoms with Crippen molar-refractivity contribution >= 4 is 36.7 Å². The molecule has 1 unspecified atom stereocenters. The molecule has 0 saturated heterocycles. The molecule has 1 aromatic carbocycles. The third-order valence-electron chi connectivity index (χ3n) is 7.84. The Balaban J connectivity index is 1.62. The van der Waals surface area contributed by atoms with Gasteiger partial charge in [0.25, 0.3) is 11.8 Å². The lowest BCUT2D eigenvalue weighted by atomic mass is 9.96. The number of aromatic nitrogens is 1. The molecule has 4 rings (SSSR count). The molecule has 2 aromatic rings. The SMILES string of the molecule is CCCCCCC(CCCC)COC1=CC(c2ccc(N3C(=O)C=CC3=O)cc2)=N/C1=C\c1c(C)cc(C)n1B(F)F. The molecule has 3 heterocycles. The van der Waals surface area contributed by atoms with Gasteiger partial charge in [-0.25, -0.2) is 9.89 Å². The van der Waals surface area contributed by atoms with Crippen molar-refractivity contribution in [2.24, 2.45) is 10.9 Å². The molecule has 222 valence electrons. The minimum absolute atomic E-state index is 0.383. The van der Waals surface area contributed by atoms with Gasteiger partial charge in [0.05, 0.1) is 18.0 Å². The molecule has 1 aromatic heterocycles. The number of unbranched alkanes of at least 4 members (excludes halogenated alkanes) is 4. The van der Waals surface area contributed by atoms with Crippen molar-refractivity contribution in [3.63, 3.8) is 0 Å². The van der Waals surface area contributed by atoms with E-state index in [1.807, 2.05) is 13.0 Å². The molecule has 0 spiro atoms. The predicted molar refractivity (Wildman–Crippen MR) is 166 cm³/mol. The monoisotopic (exact) mass is 575 g/mol. The number of imide groups is 1. The fourth-order valence-corrected chi connectivity index (χ4v) is 5.50. The number of nitrogens with zero attached hydrogens (tertiary/aromatic N) is 3. The van der Waals surface area contributed by atoms with Gasteiger partial charge >= 0.3 is 7.40 Å². The normalized spacial score (nSPS) is 16.4. The van der Waals surface area contributed by atoms with E-state index in [2.05, 4.69) is 13.8 Å². The van der Waals surface area contributed by atoms with Crippen LogP contribution in [0.3, 0.4) is 0 Å². The van der Waals surface area contributed by atoms with Gasteiger partial charge in [0.15, 0.2) is 0 Å². The van der Waals surface area contributed by atoms with Crippen LogP contribution in [0.4, 0.5) is 14.3 Å². The second-order valence-corrected chi connectivity index (χ2v) is 11.1. The maximum Gasteiger partial charge on any atom is 0.677 e. The van der Waals surface area contributed by atoms with Crippen molar-refractivity contribution in [3.05, 3.63) is 82.5 Å². The Morgan fingerprint density at radius 2 is 1.62 bits per heavy atom. The van der Waals surface area contributed by atoms with Crippen molar-refractivity contribution < 1.29 is 23.0 Å². The standard InChI is InChI=1S/C33H40BF2N3O3/c1-5-7-9-10-12-25(11-8-6-2)22-42-31-21-28(26-13-15-27(16-14-26)38-32(40)17-18-33(38)41)37-29(31)20-30-23(3)19-24(4)39(30)34(35)36/h13-21,25H,5-12,22H2,1-4H3/b29-20-. The van der Waals surface area contributed by atoms with E-state index in [-0.39, 0.29) is 11.8 Å². The van der Waals surface area contributed by atoms with Crippen LogP contribution < -0.4 is 4.90 Å². The van der Waals surface area contributed by atoms with Crippen molar-refractivity contribution in [2.75, 3.05) is 11.5 Å². The van der Waals surface area contributed by atoms with E-state index in [9.17, 15) is 18.2 Å². The molecule has 2 aliphatic rings. The number of hydrogen-bond acceptors (Lipinski definition) is 4. The zero-order valence-corrected chi connectivity index (χ0v) is 25.0. The summed E-state index contributed by atoms with van der Waals surface area (Å²) >= 11 is 0. The van der Waals surface area contributed by atoms with E-state index in [1.54, 1.807) is 43.3 Å². The van der Waals surface area contributed by atoms with Crippen molar-refractivity contribution in [3.8, 4) is 0 Å². The topological polar surface area (TPSA) is 63.9 Å². The highest BCUT2D eigenvalue weighted by molar-refractivity contribution is 6.41. The Bertz CT molecular complexity index is 1390. The van der Waals surface area contributed by atoms with Crippen LogP contribution in [-0.2, 0) is 14.3 Å². The number of rotatable bonds is 15. The summed E-state index contributed by atoms with van der Waals surface area (Å²) in [5.41, 5.74) is 3.95. The lowest BCUT2D eigenvalue weighted by Gasteiger charge is -2.18. The number of carbonyl (C=O) groups is 2. The molecule has 2 amide bonds. The first-order valence-electron chi connectivity index (χ1n) is 15.0. The second kappa shape index (κ2) is 14.4. The Morgan fingerprint density at radius 3 is 2.26 bits per heavy atom. The summed E-state index contributed by atoms with van der Waals surface area (Å²) in [6, 6.07) is 8.72. The molecule has 0 bridgehead atoms. The first kappa shape index (κ1) is 31.2. The number of benzene rings is 1. The highest BCUT2D eigenvalue weighted by Crippen LogP contribution is 2.30. The van der Waals surface area contributed by atoms with E-state index in [4.69, 9.17) is 9.73 Å². The third-order valence-corrected chi connectivity index (χ3v) is 7.84. The van der Waals surface area contributed by atoms with Crippen LogP contribution in [0.15, 0.2) is 65.0 Å². The predicted octanol–water partition coefficient (Wildman–Crippen LogP) is 7.83. The number of carbonyl (C=O) groups excluding carboxylic acids is 2. The summed E-state index contributed by atoms with van der Waals surface area (Å²) in [5, 5.41) is 0. The van der Waals surface area contributed by atoms with E-state index in [0.29, 0.717) is 46.8 Å². The van der Waals surface area contributed by atoms with E-state index in [1.165, 1.54) is 37.8 Å². The summed E-state index contributed by atoms with van der Waals surface area (Å²) in [4.78, 5) is 30.1. The average Bonchev–Trinajstić information content (AvgIpc) is 3.61. The van der Waals surface area contributed by atoms with Gasteiger partial charge in [-0.2, -0.15) is 0 Å². The number of aliphatic imine (C=N–C) groups is 1. The summed E-state index contributed by atoms with van der Waals surface area (Å²) < 4.78 is 35.4. The van der Waals surface area contributed by atoms with Gasteiger partial charge in [-0.1, -0.05) is 64.5 Å². The molecule has 6 nitrogen and oxygen atoms in total. The first-order valence-corrected chi connectivity index (χ1v) is 15.0. The fraction of sp³-hybridized carbons (Fsp3) is 0.424. The molecular weight excluding hydrogens is 535 g/mol. The molecule has 42 heavy (non-hydrogen) atoms. The van der Waals surface area contributed by atoms with Crippen LogP contribution in [0.25, 0.3) is 6.08 Å². The van der Waals surface area contributed by atoms with Crippen LogP contribution >= 0.6 is 0 Å². The van der Waals surface area contributed by atoms with Crippen LogP contribution in [0.1, 0.15) is 87.7 Å². The Labute approximate surface area is 248 Å². The molecule has 0 fully saturated rings. The third kappa shape index (κ3) is 7.36. The average molecular weight is 576 g/mol. The first-order chi connectivity index (χ1) is 20.2. The van der Waals surface area contributed by atoms with Crippen molar-refractivity contribution in [2.45, 2.75) is 79.1 Å². The van der Waals surface area contributed by atoms with Crippen LogP contribution in [-0.4, -0.2) is 36.0 Å². The van der Waals surface area contributed by atoms with E-state index in [0.717, 1.165) is 46.2 Å². The lowest BCUT2D eigenvalue weighted by molar-refractivity contribution is -0.119. The van der Waals surface area contributed by atoms with Gasteiger partial charge in [0.2, 0.25) is 0 Å². The highest BCUT2D eigenvalue weighted by atomic mass is 19.2. The number of ether oxygens (including phenoxy) is 1. The van der Waals surface area contributed by atoms with Crippen LogP contribution in [0.2, 0.25) is 0 Å². The Kier molecular flexibility index (Phi) is 10.7. The van der Waals surface area contributed by atoms with E-state index >= 15 is 0 Å². The number of anilines is 1. The lowest BCUT2D eigenvalue weighted by Crippen LogP contribution is -2.29. The Hall–Kier alpha value is -3.75. The molecule has 9 heteroatoms. The number of aryl methyl sites for hydroxylation is 2. The minimum atomic E-state index is -2.68. The summed E-state index contributed by atoms with van der Waals surface area (Å²) in [6.07, 6.45) is 15.3. The van der Waals surface area contributed by atoms with Crippen LogP contribution in [0.5, 0.6) is 0 Å². The largest absolute Gasteiger partial charge is 0.677 e. The smallest absolute Gasteiger partial charge is 0.491 e. The van der Waals surface area contributed by atoms with Gasteiger partial charge in [0.1, 0.15) is 11.5 Å². The molecule has 0 radical (unpaired) electrons. The molecule has 2 aliphatic heterocycles. The van der Waals surface area contributed by atoms with Gasteiger partial charge in [-0.05, 0) is 62.4 Å². The van der Waals surface area contributed by atoms with Crippen molar-refractivity contribution in [1.29, 1.82) is 0 Å². The maximum atomic E-state index is 14.0. The number of hydrogen-bond donors (Lipinski definition) is 0. The maximum absolute atomic E-state index is 14.0. The molecule has 0 aliphatic carbocycles. The molecular formula is C33H40BF2N3O3. The number of amides is 2. The summed E-state index contributed by atoms with van der Waals surface area (Å²) in [7, 11) is -2.68. The van der Waals surface area contributed by atoms with E-state index < -0.39 is 7.40 Å². The van der Waals surface area contributed by atoms with Crippen LogP contribution in [0, 0.1) is 19.8 Å². The van der Waals surface area contributed by atoms with Gasteiger partial charge in [-0.3, -0.25) is 18.2 Å². The second-order valence-electron chi connectivity index (χ2n) is 11.1. The minimum Gasteiger partial charge on any atom is -0.491 e. The fourth-order valence-electron chi connectivity index (χ4n) is 5.50. The Morgan fingerprint density at radius 1 is 0.952 bits per heavy atom. The van der Waals surface area contributed by atoms with Gasteiger partial charge < -0.3 is 9.21 Å². The molecule has 0 N–H and O–H groups in total. The highest BCUT2D eigenvalue weighted by Gasteiger charge is 2.27. The van der Waals surface area contributed by atoms with Gasteiger partial charge in [-0.15, -0.1) is 0 Å².